The van der Waals surface area contributed by atoms with Crippen molar-refractivity contribution in [2.75, 3.05) is 14.1 Å². The molecule has 4 nitrogen and oxygen atoms in total. The highest BCUT2D eigenvalue weighted by molar-refractivity contribution is 7.85. The van der Waals surface area contributed by atoms with Crippen LogP contribution in [0.4, 0.5) is 0 Å². The number of aryl methyl sites for hydroxylation is 1. The Hall–Kier alpha value is -0.910. The molecule has 0 bridgehead atoms. The second kappa shape index (κ2) is 5.74. The molecule has 1 rings (SSSR count). The van der Waals surface area contributed by atoms with Gasteiger partial charge in [0.05, 0.1) is 19.0 Å². The maximum atomic E-state index is 10.4. The summed E-state index contributed by atoms with van der Waals surface area (Å²) in [5, 5.41) is 2.00. The van der Waals surface area contributed by atoms with Gasteiger partial charge in [0, 0.05) is 0 Å². The minimum atomic E-state index is -4.27. The zero-order chi connectivity index (χ0) is 11.2. The van der Waals surface area contributed by atoms with E-state index in [0.717, 1.165) is 5.56 Å². The van der Waals surface area contributed by atoms with Gasteiger partial charge in [-0.3, -0.25) is 0 Å². The van der Waals surface area contributed by atoms with Crippen LogP contribution in [-0.2, 0) is 10.1 Å². The smallest absolute Gasteiger partial charge is 0.124 e. The van der Waals surface area contributed by atoms with Gasteiger partial charge in [-0.1, -0.05) is 17.7 Å². The number of hydrogen-bond donors (Lipinski definition) is 1. The highest BCUT2D eigenvalue weighted by Gasteiger charge is 1.97. The third kappa shape index (κ3) is 4.96. The van der Waals surface area contributed by atoms with Gasteiger partial charge in [0.25, 0.3) is 0 Å². The molecule has 0 atom stereocenters. The SMILES string of the molecule is C[NH2+]C.Cc1ccc(S(=O)(=O)[O-])cc1. The van der Waals surface area contributed by atoms with E-state index in [-0.39, 0.29) is 4.90 Å². The van der Waals surface area contributed by atoms with Crippen molar-refractivity contribution >= 4 is 10.1 Å². The number of quaternary nitrogens is 1. The summed E-state index contributed by atoms with van der Waals surface area (Å²) in [7, 11) is -0.270. The maximum absolute atomic E-state index is 10.4. The van der Waals surface area contributed by atoms with Gasteiger partial charge in [-0.05, 0) is 19.1 Å². The van der Waals surface area contributed by atoms with E-state index < -0.39 is 10.1 Å². The lowest BCUT2D eigenvalue weighted by atomic mass is 10.2. The summed E-state index contributed by atoms with van der Waals surface area (Å²) in [6.07, 6.45) is 0. The molecule has 0 unspecified atom stereocenters. The Morgan fingerprint density at radius 3 is 1.79 bits per heavy atom. The largest absolute Gasteiger partial charge is 0.744 e. The number of nitrogens with two attached hydrogens (primary N) is 1. The Bertz CT molecular complexity index is 356. The molecule has 14 heavy (non-hydrogen) atoms. The molecule has 0 heterocycles. The van der Waals surface area contributed by atoms with Crippen LogP contribution in [0, 0.1) is 6.92 Å². The Kier molecular flexibility index (Phi) is 5.37. The quantitative estimate of drug-likeness (QED) is 0.657. The molecule has 0 radical (unpaired) electrons. The summed E-state index contributed by atoms with van der Waals surface area (Å²) in [5.74, 6) is 0. The lowest BCUT2D eigenvalue weighted by molar-refractivity contribution is -0.597. The van der Waals surface area contributed by atoms with Crippen LogP contribution in [0.1, 0.15) is 5.56 Å². The molecule has 1 aromatic carbocycles. The molecule has 0 saturated carbocycles. The lowest BCUT2D eigenvalue weighted by Crippen LogP contribution is -2.74. The van der Waals surface area contributed by atoms with E-state index in [0.29, 0.717) is 0 Å². The summed E-state index contributed by atoms with van der Waals surface area (Å²) < 4.78 is 31.2. The fourth-order valence-corrected chi connectivity index (χ4v) is 1.17. The Balaban J connectivity index is 0.000000500. The van der Waals surface area contributed by atoms with Crippen LogP contribution in [-0.4, -0.2) is 27.1 Å². The van der Waals surface area contributed by atoms with Crippen LogP contribution in [0.2, 0.25) is 0 Å². The predicted molar refractivity (Wildman–Crippen MR) is 52.9 cm³/mol. The van der Waals surface area contributed by atoms with Gasteiger partial charge >= 0.3 is 0 Å². The summed E-state index contributed by atoms with van der Waals surface area (Å²) in [4.78, 5) is -0.178. The van der Waals surface area contributed by atoms with Crippen molar-refractivity contribution < 1.29 is 18.3 Å². The first-order valence-corrected chi connectivity index (χ1v) is 5.59. The van der Waals surface area contributed by atoms with Crippen molar-refractivity contribution in [3.8, 4) is 0 Å². The van der Waals surface area contributed by atoms with Gasteiger partial charge in [0.2, 0.25) is 0 Å². The summed E-state index contributed by atoms with van der Waals surface area (Å²) in [5.41, 5.74) is 0.928. The van der Waals surface area contributed by atoms with Crippen LogP contribution >= 0.6 is 0 Å². The van der Waals surface area contributed by atoms with Gasteiger partial charge < -0.3 is 9.87 Å². The molecular formula is C9H15NO3S. The van der Waals surface area contributed by atoms with Crippen LogP contribution in [0.15, 0.2) is 29.2 Å². The molecule has 0 aliphatic rings. The minimum Gasteiger partial charge on any atom is -0.744 e. The van der Waals surface area contributed by atoms with E-state index in [9.17, 15) is 13.0 Å². The first kappa shape index (κ1) is 13.1. The van der Waals surface area contributed by atoms with E-state index in [4.69, 9.17) is 0 Å². The Morgan fingerprint density at radius 1 is 1.14 bits per heavy atom. The van der Waals surface area contributed by atoms with Crippen LogP contribution in [0.25, 0.3) is 0 Å². The van der Waals surface area contributed by atoms with Gasteiger partial charge in [0.15, 0.2) is 0 Å². The van der Waals surface area contributed by atoms with Gasteiger partial charge in [0.1, 0.15) is 10.1 Å². The highest BCUT2D eigenvalue weighted by atomic mass is 32.2. The second-order valence-corrected chi connectivity index (χ2v) is 4.22. The van der Waals surface area contributed by atoms with Crippen molar-refractivity contribution in [1.82, 2.24) is 0 Å². The molecule has 5 heteroatoms. The predicted octanol–water partition coefficient (Wildman–Crippen LogP) is -0.291. The third-order valence-corrected chi connectivity index (χ3v) is 2.16. The summed E-state index contributed by atoms with van der Waals surface area (Å²) in [6.45, 7) is 1.82. The molecular weight excluding hydrogens is 202 g/mol. The van der Waals surface area contributed by atoms with Crippen LogP contribution in [0.5, 0.6) is 0 Å². The van der Waals surface area contributed by atoms with Crippen molar-refractivity contribution in [2.45, 2.75) is 11.8 Å². The average molecular weight is 217 g/mol. The normalized spacial score (nSPS) is 10.3. The fourth-order valence-electron chi connectivity index (χ4n) is 0.705. The molecule has 0 amide bonds. The molecule has 0 aliphatic carbocycles. The van der Waals surface area contributed by atoms with Crippen molar-refractivity contribution in [3.05, 3.63) is 29.8 Å². The molecule has 0 aliphatic heterocycles. The molecule has 2 N–H and O–H groups in total. The van der Waals surface area contributed by atoms with E-state index in [1.165, 1.54) is 12.1 Å². The molecule has 0 saturated heterocycles. The van der Waals surface area contributed by atoms with Gasteiger partial charge in [-0.15, -0.1) is 0 Å². The van der Waals surface area contributed by atoms with Crippen molar-refractivity contribution in [1.29, 1.82) is 0 Å². The van der Waals surface area contributed by atoms with Gasteiger partial charge in [-0.2, -0.15) is 0 Å². The van der Waals surface area contributed by atoms with Crippen molar-refractivity contribution in [3.63, 3.8) is 0 Å². The first-order valence-electron chi connectivity index (χ1n) is 4.18. The second-order valence-electron chi connectivity index (χ2n) is 2.84. The van der Waals surface area contributed by atoms with Gasteiger partial charge in [-0.25, -0.2) is 8.42 Å². The standard InChI is InChI=1S/C7H8O3S.C2H7N/c1-6-2-4-7(5-3-6)11(8,9)10;1-3-2/h2-5H,1H3,(H,8,9,10);3H,1-2H3. The maximum Gasteiger partial charge on any atom is 0.124 e. The number of benzene rings is 1. The highest BCUT2D eigenvalue weighted by Crippen LogP contribution is 2.08. The first-order chi connectivity index (χ1) is 6.41. The van der Waals surface area contributed by atoms with Crippen LogP contribution in [0.3, 0.4) is 0 Å². The van der Waals surface area contributed by atoms with Crippen molar-refractivity contribution in [2.24, 2.45) is 0 Å². The summed E-state index contributed by atoms with van der Waals surface area (Å²) >= 11 is 0. The summed E-state index contributed by atoms with van der Waals surface area (Å²) in [6, 6.07) is 5.78. The molecule has 80 valence electrons. The number of rotatable bonds is 1. The molecule has 1 aromatic rings. The van der Waals surface area contributed by atoms with E-state index in [2.05, 4.69) is 0 Å². The molecule has 0 fully saturated rings. The number of hydrogen-bond acceptors (Lipinski definition) is 3. The Morgan fingerprint density at radius 2 is 1.50 bits per heavy atom. The Labute approximate surface area is 84.7 Å². The fraction of sp³-hybridized carbons (Fsp3) is 0.333. The van der Waals surface area contributed by atoms with E-state index in [1.54, 1.807) is 12.1 Å². The topological polar surface area (TPSA) is 73.8 Å². The molecule has 0 aromatic heterocycles. The van der Waals surface area contributed by atoms with E-state index >= 15 is 0 Å². The van der Waals surface area contributed by atoms with Crippen LogP contribution < -0.4 is 5.32 Å². The van der Waals surface area contributed by atoms with E-state index in [1.807, 2.05) is 26.3 Å². The monoisotopic (exact) mass is 217 g/mol. The lowest BCUT2D eigenvalue weighted by Gasteiger charge is -2.05. The zero-order valence-electron chi connectivity index (χ0n) is 8.52. The third-order valence-electron chi connectivity index (χ3n) is 1.31. The average Bonchev–Trinajstić information content (AvgIpc) is 2.04. The minimum absolute atomic E-state index is 0.178. The zero-order valence-corrected chi connectivity index (χ0v) is 9.34. The molecule has 0 spiro atoms.